The average molecular weight is 425 g/mol. The van der Waals surface area contributed by atoms with Crippen molar-refractivity contribution >= 4 is 21.6 Å². The maximum atomic E-state index is 12.7. The molecule has 6 rings (SSSR count). The smallest absolute Gasteiger partial charge is 0.255 e. The van der Waals surface area contributed by atoms with Crippen LogP contribution in [0.2, 0.25) is 0 Å². The molecule has 6 heteroatoms. The molecular weight excluding hydrogens is 396 g/mol. The van der Waals surface area contributed by atoms with Crippen LogP contribution >= 0.6 is 0 Å². The summed E-state index contributed by atoms with van der Waals surface area (Å²) in [6, 6.07) is 14.4. The first-order valence-electron chi connectivity index (χ1n) is 10.8. The van der Waals surface area contributed by atoms with E-state index in [9.17, 15) is 13.2 Å². The molecule has 5 nitrogen and oxygen atoms in total. The van der Waals surface area contributed by atoms with Crippen LogP contribution in [-0.2, 0) is 15.4 Å². The molecule has 4 bridgehead atoms. The third-order valence-electron chi connectivity index (χ3n) is 7.47. The molecule has 4 aliphatic carbocycles. The lowest BCUT2D eigenvalue weighted by molar-refractivity contribution is -0.00518. The Morgan fingerprint density at radius 1 is 0.933 bits per heavy atom. The van der Waals surface area contributed by atoms with Gasteiger partial charge in [0.1, 0.15) is 0 Å². The molecule has 0 radical (unpaired) electrons. The predicted octanol–water partition coefficient (Wildman–Crippen LogP) is 4.31. The van der Waals surface area contributed by atoms with Crippen LogP contribution in [0.15, 0.2) is 53.4 Å². The van der Waals surface area contributed by atoms with E-state index in [2.05, 4.69) is 22.2 Å². The van der Waals surface area contributed by atoms with Gasteiger partial charge in [0.15, 0.2) is 0 Å². The standard InChI is InChI=1S/C24H28N2O3S/c1-25-30(28,29)22-4-2-3-19(12-22)23(27)26-21-7-5-20(6-8-21)24-13-16-9-17(14-24)11-18(10-16)15-24/h2-8,12,16-18,25H,9-11,13-15H2,1H3,(H,26,27). The summed E-state index contributed by atoms with van der Waals surface area (Å²) < 4.78 is 26.3. The maximum Gasteiger partial charge on any atom is 0.255 e. The van der Waals surface area contributed by atoms with Crippen LogP contribution in [0.25, 0.3) is 0 Å². The highest BCUT2D eigenvalue weighted by Crippen LogP contribution is 2.60. The molecule has 0 unspecified atom stereocenters. The number of carbonyl (C=O) groups excluding carboxylic acids is 1. The van der Waals surface area contributed by atoms with Crippen molar-refractivity contribution in [2.75, 3.05) is 12.4 Å². The topological polar surface area (TPSA) is 75.3 Å². The van der Waals surface area contributed by atoms with Crippen molar-refractivity contribution < 1.29 is 13.2 Å². The number of sulfonamides is 1. The zero-order valence-electron chi connectivity index (χ0n) is 17.2. The maximum absolute atomic E-state index is 12.7. The van der Waals surface area contributed by atoms with E-state index in [1.807, 2.05) is 12.1 Å². The Bertz CT molecular complexity index is 1040. The fraction of sp³-hybridized carbons (Fsp3) is 0.458. The van der Waals surface area contributed by atoms with Gasteiger partial charge in [0, 0.05) is 11.3 Å². The summed E-state index contributed by atoms with van der Waals surface area (Å²) in [5, 5.41) is 2.90. The minimum Gasteiger partial charge on any atom is -0.322 e. The summed E-state index contributed by atoms with van der Waals surface area (Å²) in [5.74, 6) is 2.39. The SMILES string of the molecule is CNS(=O)(=O)c1cccc(C(=O)Nc2ccc(C34CC5CC(CC(C5)C3)C4)cc2)c1. The fourth-order valence-electron chi connectivity index (χ4n) is 6.50. The highest BCUT2D eigenvalue weighted by Gasteiger charge is 2.51. The second-order valence-corrected chi connectivity index (χ2v) is 11.4. The van der Waals surface area contributed by atoms with Crippen molar-refractivity contribution in [3.8, 4) is 0 Å². The minimum atomic E-state index is -3.58. The average Bonchev–Trinajstić information content (AvgIpc) is 2.73. The molecule has 4 saturated carbocycles. The van der Waals surface area contributed by atoms with E-state index in [4.69, 9.17) is 0 Å². The normalized spacial score (nSPS) is 29.7. The van der Waals surface area contributed by atoms with E-state index in [-0.39, 0.29) is 10.8 Å². The molecule has 0 spiro atoms. The first-order chi connectivity index (χ1) is 14.4. The molecule has 0 atom stereocenters. The second-order valence-electron chi connectivity index (χ2n) is 9.46. The fourth-order valence-corrected chi connectivity index (χ4v) is 7.27. The first-order valence-corrected chi connectivity index (χ1v) is 12.3. The molecule has 158 valence electrons. The van der Waals surface area contributed by atoms with Gasteiger partial charge in [0.05, 0.1) is 4.90 Å². The van der Waals surface area contributed by atoms with Crippen LogP contribution in [0.4, 0.5) is 5.69 Å². The van der Waals surface area contributed by atoms with E-state index in [0.29, 0.717) is 11.0 Å². The van der Waals surface area contributed by atoms with Gasteiger partial charge in [-0.15, -0.1) is 0 Å². The van der Waals surface area contributed by atoms with E-state index < -0.39 is 10.0 Å². The van der Waals surface area contributed by atoms with Crippen LogP contribution < -0.4 is 10.0 Å². The summed E-state index contributed by atoms with van der Waals surface area (Å²) in [5.41, 5.74) is 2.81. The molecule has 2 aromatic rings. The molecule has 0 aromatic heterocycles. The zero-order valence-corrected chi connectivity index (χ0v) is 18.0. The summed E-state index contributed by atoms with van der Waals surface area (Å²) in [6.07, 6.45) is 8.23. The van der Waals surface area contributed by atoms with E-state index in [1.165, 1.54) is 63.3 Å². The number of nitrogens with one attached hydrogen (secondary N) is 2. The highest BCUT2D eigenvalue weighted by molar-refractivity contribution is 7.89. The third kappa shape index (κ3) is 3.46. The van der Waals surface area contributed by atoms with Crippen molar-refractivity contribution in [1.29, 1.82) is 0 Å². The van der Waals surface area contributed by atoms with Gasteiger partial charge in [-0.25, -0.2) is 13.1 Å². The van der Waals surface area contributed by atoms with Crippen molar-refractivity contribution in [2.45, 2.75) is 48.8 Å². The van der Waals surface area contributed by atoms with Gasteiger partial charge >= 0.3 is 0 Å². The number of hydrogen-bond acceptors (Lipinski definition) is 3. The summed E-state index contributed by atoms with van der Waals surface area (Å²) in [4.78, 5) is 12.7. The Labute approximate surface area is 178 Å². The van der Waals surface area contributed by atoms with Gasteiger partial charge in [0.25, 0.3) is 5.91 Å². The van der Waals surface area contributed by atoms with Gasteiger partial charge in [-0.3, -0.25) is 4.79 Å². The molecule has 2 aromatic carbocycles. The Hall–Kier alpha value is -2.18. The Kier molecular flexibility index (Phi) is 4.75. The molecule has 0 heterocycles. The lowest BCUT2D eigenvalue weighted by Crippen LogP contribution is -2.48. The van der Waals surface area contributed by atoms with Crippen molar-refractivity contribution in [3.05, 3.63) is 59.7 Å². The van der Waals surface area contributed by atoms with Gasteiger partial charge in [-0.1, -0.05) is 18.2 Å². The number of rotatable bonds is 5. The van der Waals surface area contributed by atoms with Crippen LogP contribution in [-0.4, -0.2) is 21.4 Å². The summed E-state index contributed by atoms with van der Waals surface area (Å²) in [6.45, 7) is 0. The zero-order chi connectivity index (χ0) is 20.9. The molecule has 4 fully saturated rings. The predicted molar refractivity (Wildman–Crippen MR) is 117 cm³/mol. The highest BCUT2D eigenvalue weighted by atomic mass is 32.2. The quantitative estimate of drug-likeness (QED) is 0.751. The van der Waals surface area contributed by atoms with Gasteiger partial charge < -0.3 is 5.32 Å². The number of amides is 1. The lowest BCUT2D eigenvalue weighted by atomic mass is 9.48. The third-order valence-corrected chi connectivity index (χ3v) is 8.88. The Morgan fingerprint density at radius 3 is 2.10 bits per heavy atom. The van der Waals surface area contributed by atoms with Crippen LogP contribution in [0, 0.1) is 17.8 Å². The number of hydrogen-bond donors (Lipinski definition) is 2. The van der Waals surface area contributed by atoms with Crippen molar-refractivity contribution in [1.82, 2.24) is 4.72 Å². The number of anilines is 1. The molecule has 0 aliphatic heterocycles. The number of benzene rings is 2. The largest absolute Gasteiger partial charge is 0.322 e. The lowest BCUT2D eigenvalue weighted by Gasteiger charge is -2.57. The molecule has 2 N–H and O–H groups in total. The first kappa shape index (κ1) is 19.8. The molecule has 30 heavy (non-hydrogen) atoms. The monoisotopic (exact) mass is 424 g/mol. The Balaban J connectivity index is 1.32. The molecule has 1 amide bonds. The molecule has 4 aliphatic rings. The van der Waals surface area contributed by atoms with Crippen LogP contribution in [0.3, 0.4) is 0 Å². The van der Waals surface area contributed by atoms with E-state index in [0.717, 1.165) is 23.4 Å². The summed E-state index contributed by atoms with van der Waals surface area (Å²) in [7, 11) is -2.23. The van der Waals surface area contributed by atoms with E-state index >= 15 is 0 Å². The van der Waals surface area contributed by atoms with Gasteiger partial charge in [-0.2, -0.15) is 0 Å². The van der Waals surface area contributed by atoms with Crippen LogP contribution in [0.5, 0.6) is 0 Å². The Morgan fingerprint density at radius 2 is 1.53 bits per heavy atom. The van der Waals surface area contributed by atoms with E-state index in [1.54, 1.807) is 12.1 Å². The molecular formula is C24H28N2O3S. The van der Waals surface area contributed by atoms with Crippen molar-refractivity contribution in [3.63, 3.8) is 0 Å². The second kappa shape index (κ2) is 7.20. The van der Waals surface area contributed by atoms with Crippen LogP contribution in [0.1, 0.15) is 54.4 Å². The van der Waals surface area contributed by atoms with Gasteiger partial charge in [0.2, 0.25) is 10.0 Å². The minimum absolute atomic E-state index is 0.0785. The van der Waals surface area contributed by atoms with Crippen molar-refractivity contribution in [2.24, 2.45) is 17.8 Å². The van der Waals surface area contributed by atoms with Gasteiger partial charge in [-0.05, 0) is 105 Å². The molecule has 0 saturated heterocycles. The summed E-state index contributed by atoms with van der Waals surface area (Å²) >= 11 is 0. The number of carbonyl (C=O) groups is 1.